The van der Waals surface area contributed by atoms with Crippen molar-refractivity contribution in [1.29, 1.82) is 0 Å². The molecule has 1 aliphatic rings. The van der Waals surface area contributed by atoms with Gasteiger partial charge in [0.05, 0.1) is 23.6 Å². The van der Waals surface area contributed by atoms with Gasteiger partial charge in [-0.2, -0.15) is 13.5 Å². The molecule has 172 valence electrons. The van der Waals surface area contributed by atoms with Crippen LogP contribution in [0.4, 0.5) is 16.2 Å². The number of hydrogen-bond donors (Lipinski definition) is 2. The number of likely N-dealkylation sites (N-methyl/N-ethyl adjacent to an activating group) is 1. The van der Waals surface area contributed by atoms with Crippen molar-refractivity contribution in [3.05, 3.63) is 28.2 Å². The maximum absolute atomic E-state index is 13.3. The van der Waals surface area contributed by atoms with Gasteiger partial charge in [0.1, 0.15) is 0 Å². The lowest BCUT2D eigenvalue weighted by Gasteiger charge is -2.37. The van der Waals surface area contributed by atoms with E-state index in [1.165, 1.54) is 10.5 Å². The highest BCUT2D eigenvalue weighted by molar-refractivity contribution is 7.91. The molecular formula is C20H32N6O3S2. The summed E-state index contributed by atoms with van der Waals surface area (Å²) >= 11 is 1.64. The molecule has 0 spiro atoms. The van der Waals surface area contributed by atoms with Crippen LogP contribution >= 0.6 is 11.3 Å². The highest BCUT2D eigenvalue weighted by atomic mass is 32.2. The van der Waals surface area contributed by atoms with Crippen LogP contribution in [0.1, 0.15) is 49.3 Å². The summed E-state index contributed by atoms with van der Waals surface area (Å²) in [4.78, 5) is 17.0. The molecule has 0 radical (unpaired) electrons. The van der Waals surface area contributed by atoms with Crippen molar-refractivity contribution < 1.29 is 13.2 Å². The molecule has 0 aliphatic carbocycles. The number of hydrogen-bond acceptors (Lipinski definition) is 6. The van der Waals surface area contributed by atoms with E-state index in [4.69, 9.17) is 0 Å². The highest BCUT2D eigenvalue weighted by Crippen LogP contribution is 2.34. The molecule has 0 saturated carbocycles. The Morgan fingerprint density at radius 2 is 2.13 bits per heavy atom. The Kier molecular flexibility index (Phi) is 7.28. The molecule has 2 aromatic heterocycles. The monoisotopic (exact) mass is 468 g/mol. The second-order valence-corrected chi connectivity index (χ2v) is 11.0. The van der Waals surface area contributed by atoms with Crippen molar-refractivity contribution >= 4 is 39.0 Å². The van der Waals surface area contributed by atoms with Gasteiger partial charge < -0.3 is 10.2 Å². The number of likely N-dealkylation sites (tertiary alicyclic amines) is 1. The minimum Gasteiger partial charge on any atom is -0.306 e. The van der Waals surface area contributed by atoms with Gasteiger partial charge in [0, 0.05) is 29.5 Å². The molecule has 1 fully saturated rings. The zero-order valence-electron chi connectivity index (χ0n) is 18.8. The molecule has 0 unspecified atom stereocenters. The fourth-order valence-corrected chi connectivity index (χ4v) is 6.25. The van der Waals surface area contributed by atoms with E-state index in [2.05, 4.69) is 40.8 Å². The molecule has 2 amide bonds. The highest BCUT2D eigenvalue weighted by Gasteiger charge is 2.35. The Bertz CT molecular complexity index is 1010. The van der Waals surface area contributed by atoms with E-state index in [0.29, 0.717) is 24.3 Å². The number of nitrogens with one attached hydrogen (secondary N) is 2. The molecule has 3 rings (SSSR count). The summed E-state index contributed by atoms with van der Waals surface area (Å²) in [5.41, 5.74) is 1.10. The molecule has 1 saturated heterocycles. The molecule has 11 heteroatoms. The normalized spacial score (nSPS) is 17.7. The van der Waals surface area contributed by atoms with Gasteiger partial charge in [0.2, 0.25) is 0 Å². The van der Waals surface area contributed by atoms with E-state index in [-0.39, 0.29) is 12.0 Å². The molecule has 0 aromatic carbocycles. The van der Waals surface area contributed by atoms with Crippen LogP contribution in [0.15, 0.2) is 18.5 Å². The number of nitrogens with zero attached hydrogens (tertiary/aromatic N) is 4. The lowest BCUT2D eigenvalue weighted by atomic mass is 10.1. The van der Waals surface area contributed by atoms with Gasteiger partial charge in [-0.3, -0.25) is 4.68 Å². The van der Waals surface area contributed by atoms with Crippen LogP contribution < -0.4 is 14.3 Å². The summed E-state index contributed by atoms with van der Waals surface area (Å²) in [6.07, 6.45) is 5.61. The Balaban J connectivity index is 1.83. The van der Waals surface area contributed by atoms with Crippen molar-refractivity contribution in [2.24, 2.45) is 7.05 Å². The number of piperidine rings is 1. The molecule has 2 N–H and O–H groups in total. The second kappa shape index (κ2) is 9.58. The van der Waals surface area contributed by atoms with Crippen molar-refractivity contribution in [1.82, 2.24) is 19.4 Å². The van der Waals surface area contributed by atoms with Gasteiger partial charge in [-0.25, -0.2) is 13.8 Å². The fraction of sp³-hybridized carbons (Fsp3) is 0.600. The first-order valence-electron chi connectivity index (χ1n) is 10.5. The summed E-state index contributed by atoms with van der Waals surface area (Å²) in [7, 11) is -0.441. The Labute approximate surface area is 188 Å². The quantitative estimate of drug-likeness (QED) is 0.650. The number of carbonyl (C=O) groups excluding carboxylic acids is 1. The zero-order chi connectivity index (χ0) is 22.8. The fourth-order valence-electron chi connectivity index (χ4n) is 3.87. The maximum Gasteiger partial charge on any atom is 0.334 e. The average Bonchev–Trinajstić information content (AvgIpc) is 3.27. The van der Waals surface area contributed by atoms with Crippen LogP contribution in [0, 0.1) is 0 Å². The number of urea groups is 1. The van der Waals surface area contributed by atoms with Gasteiger partial charge in [0.15, 0.2) is 0 Å². The maximum atomic E-state index is 13.3. The predicted molar refractivity (Wildman–Crippen MR) is 125 cm³/mol. The Morgan fingerprint density at radius 3 is 2.71 bits per heavy atom. The van der Waals surface area contributed by atoms with E-state index in [0.717, 1.165) is 29.1 Å². The summed E-state index contributed by atoms with van der Waals surface area (Å²) in [5.74, 6) is 0.224. The predicted octanol–water partition coefficient (Wildman–Crippen LogP) is 3.13. The van der Waals surface area contributed by atoms with Gasteiger partial charge in [0.25, 0.3) is 0 Å². The minimum atomic E-state index is -4.14. The molecule has 0 bridgehead atoms. The third-order valence-electron chi connectivity index (χ3n) is 5.29. The zero-order valence-corrected chi connectivity index (χ0v) is 20.4. The molecule has 31 heavy (non-hydrogen) atoms. The summed E-state index contributed by atoms with van der Waals surface area (Å²) in [6, 6.07) is 0.869. The SMILES string of the molecule is CCc1cc(NC(=O)NS(=O)(=O)N(c2cnn(C)c2)[C@H]2CCCN(C)C2)c(C(C)C)s1. The Morgan fingerprint density at radius 1 is 1.39 bits per heavy atom. The van der Waals surface area contributed by atoms with Crippen LogP contribution in [0.2, 0.25) is 0 Å². The summed E-state index contributed by atoms with van der Waals surface area (Å²) in [5, 5.41) is 6.87. The first-order valence-corrected chi connectivity index (χ1v) is 12.8. The molecule has 1 atom stereocenters. The van der Waals surface area contributed by atoms with E-state index in [1.807, 2.05) is 13.1 Å². The molecule has 3 heterocycles. The third kappa shape index (κ3) is 5.58. The number of aromatic nitrogens is 2. The summed E-state index contributed by atoms with van der Waals surface area (Å²) < 4.78 is 31.7. The van der Waals surface area contributed by atoms with Crippen molar-refractivity contribution in [2.45, 2.75) is 52.0 Å². The smallest absolute Gasteiger partial charge is 0.306 e. The average molecular weight is 469 g/mol. The number of amides is 2. The number of rotatable bonds is 7. The number of aryl methyl sites for hydroxylation is 2. The molecular weight excluding hydrogens is 436 g/mol. The van der Waals surface area contributed by atoms with E-state index < -0.39 is 16.2 Å². The Hall–Kier alpha value is -2.11. The van der Waals surface area contributed by atoms with Gasteiger partial charge in [-0.1, -0.05) is 20.8 Å². The third-order valence-corrected chi connectivity index (χ3v) is 8.34. The van der Waals surface area contributed by atoms with Crippen molar-refractivity contribution in [3.63, 3.8) is 0 Å². The minimum absolute atomic E-state index is 0.224. The van der Waals surface area contributed by atoms with Crippen molar-refractivity contribution in [2.75, 3.05) is 29.8 Å². The number of thiophene rings is 1. The molecule has 9 nitrogen and oxygen atoms in total. The lowest BCUT2D eigenvalue weighted by Crippen LogP contribution is -2.54. The first-order chi connectivity index (χ1) is 14.6. The summed E-state index contributed by atoms with van der Waals surface area (Å²) in [6.45, 7) is 7.65. The van der Waals surface area contributed by atoms with E-state index in [1.54, 1.807) is 29.3 Å². The van der Waals surface area contributed by atoms with Crippen LogP contribution in [0.25, 0.3) is 0 Å². The van der Waals surface area contributed by atoms with Gasteiger partial charge in [-0.15, -0.1) is 11.3 Å². The number of carbonyl (C=O) groups is 1. The first kappa shape index (κ1) is 23.6. The van der Waals surface area contributed by atoms with Crippen LogP contribution in [0.3, 0.4) is 0 Å². The largest absolute Gasteiger partial charge is 0.334 e. The van der Waals surface area contributed by atoms with E-state index in [9.17, 15) is 13.2 Å². The van der Waals surface area contributed by atoms with E-state index >= 15 is 0 Å². The van der Waals surface area contributed by atoms with Gasteiger partial charge in [-0.05, 0) is 44.8 Å². The number of anilines is 2. The van der Waals surface area contributed by atoms with Crippen LogP contribution in [-0.4, -0.2) is 55.3 Å². The standard InChI is InChI=1S/C20H32N6O3S2/c1-6-17-10-18(19(30-17)14(2)3)22-20(27)23-31(28,29)26(16-11-21-25(5)13-16)15-8-7-9-24(4)12-15/h10-11,13-15H,6-9,12H2,1-5H3,(H2,22,23,27)/t15-/m0/s1. The second-order valence-electron chi connectivity index (χ2n) is 8.29. The lowest BCUT2D eigenvalue weighted by molar-refractivity contribution is 0.251. The topological polar surface area (TPSA) is 99.6 Å². The van der Waals surface area contributed by atoms with Gasteiger partial charge >= 0.3 is 16.2 Å². The van der Waals surface area contributed by atoms with Crippen LogP contribution in [-0.2, 0) is 23.7 Å². The van der Waals surface area contributed by atoms with Crippen molar-refractivity contribution in [3.8, 4) is 0 Å². The molecule has 2 aromatic rings. The molecule has 1 aliphatic heterocycles. The van der Waals surface area contributed by atoms with Crippen LogP contribution in [0.5, 0.6) is 0 Å².